The fourth-order valence-corrected chi connectivity index (χ4v) is 2.66. The third kappa shape index (κ3) is 34.5. The zero-order chi connectivity index (χ0) is 28.5. The van der Waals surface area contributed by atoms with Gasteiger partial charge < -0.3 is 58.8 Å². The number of carbonyl (C=O) groups excluding carboxylic acids is 1. The Morgan fingerprint density at radius 2 is 0.795 bits per heavy atom. The van der Waals surface area contributed by atoms with E-state index in [1.165, 1.54) is 0 Å². The monoisotopic (exact) mass is 570 g/mol. The van der Waals surface area contributed by atoms with Crippen molar-refractivity contribution in [3.63, 3.8) is 0 Å². The highest BCUT2D eigenvalue weighted by Gasteiger charge is 2.04. The minimum Gasteiger partial charge on any atom is -0.481 e. The highest BCUT2D eigenvalue weighted by molar-refractivity contribution is 5.80. The van der Waals surface area contributed by atoms with Crippen LogP contribution in [0.25, 0.3) is 0 Å². The number of carbonyl (C=O) groups is 2. The summed E-state index contributed by atoms with van der Waals surface area (Å²) in [4.78, 5) is 21.7. The molecule has 1 amide bonds. The van der Waals surface area contributed by atoms with Crippen LogP contribution in [0.4, 0.5) is 0 Å². The second kappa shape index (κ2) is 32.8. The predicted molar refractivity (Wildman–Crippen MR) is 141 cm³/mol. The van der Waals surface area contributed by atoms with Gasteiger partial charge in [0.15, 0.2) is 0 Å². The van der Waals surface area contributed by atoms with Crippen LogP contribution in [0.5, 0.6) is 0 Å². The van der Waals surface area contributed by atoms with Gasteiger partial charge in [-0.2, -0.15) is 0 Å². The third-order valence-corrected chi connectivity index (χ3v) is 4.59. The summed E-state index contributed by atoms with van der Waals surface area (Å²) in [6.07, 6.45) is 0.486. The van der Waals surface area contributed by atoms with Gasteiger partial charge in [0, 0.05) is 26.1 Å². The molecule has 0 rings (SSSR count). The molecule has 4 N–H and O–H groups in total. The van der Waals surface area contributed by atoms with Crippen molar-refractivity contribution >= 4 is 11.9 Å². The third-order valence-electron chi connectivity index (χ3n) is 4.59. The van der Waals surface area contributed by atoms with Crippen molar-refractivity contribution in [3.05, 3.63) is 0 Å². The molecular formula is C25H50N2O12. The topological polar surface area (TPSA) is 175 Å². The molecule has 0 saturated carbocycles. The summed E-state index contributed by atoms with van der Waals surface area (Å²) in [6.45, 7) is 9.96. The summed E-state index contributed by atoms with van der Waals surface area (Å²) in [6, 6.07) is 0. The molecule has 14 heteroatoms. The molecule has 232 valence electrons. The van der Waals surface area contributed by atoms with Crippen LogP contribution in [0.3, 0.4) is 0 Å². The van der Waals surface area contributed by atoms with Crippen LogP contribution in [0.2, 0.25) is 0 Å². The molecule has 0 aromatic heterocycles. The van der Waals surface area contributed by atoms with Crippen LogP contribution in [0.15, 0.2) is 0 Å². The molecule has 0 aliphatic rings. The van der Waals surface area contributed by atoms with Crippen LogP contribution in [-0.4, -0.2) is 149 Å². The summed E-state index contributed by atoms with van der Waals surface area (Å²) in [5.74, 6) is -1.25. The van der Waals surface area contributed by atoms with Gasteiger partial charge in [-0.25, -0.2) is 0 Å². The van der Waals surface area contributed by atoms with Crippen molar-refractivity contribution in [1.29, 1.82) is 0 Å². The average molecular weight is 571 g/mol. The van der Waals surface area contributed by atoms with E-state index < -0.39 is 5.97 Å². The lowest BCUT2D eigenvalue weighted by atomic mass is 10.3. The van der Waals surface area contributed by atoms with E-state index in [-0.39, 0.29) is 18.7 Å². The highest BCUT2D eigenvalue weighted by Crippen LogP contribution is 1.90. The standard InChI is InChI=1S/C25H50N2O12/c26-4-7-32-9-11-34-13-15-36-17-19-38-21-23-39-22-20-37-18-16-35-14-12-33-10-8-31-6-1-5-27-24(28)2-3-25(29)30/h1-23,26H2,(H,27,28)(H,29,30). The maximum atomic E-state index is 11.3. The predicted octanol–water partition coefficient (Wildman–Crippen LogP) is -0.534. The first-order valence-electron chi connectivity index (χ1n) is 13.5. The second-order valence-electron chi connectivity index (χ2n) is 7.90. The lowest BCUT2D eigenvalue weighted by molar-refractivity contribution is -0.138. The van der Waals surface area contributed by atoms with E-state index >= 15 is 0 Å². The lowest BCUT2D eigenvalue weighted by Crippen LogP contribution is -2.25. The van der Waals surface area contributed by atoms with E-state index in [1.54, 1.807) is 0 Å². The van der Waals surface area contributed by atoms with E-state index in [9.17, 15) is 9.59 Å². The molecule has 0 aliphatic heterocycles. The number of carboxylic acids is 1. The van der Waals surface area contributed by atoms with Gasteiger partial charge in [-0.1, -0.05) is 0 Å². The first kappa shape index (κ1) is 37.5. The second-order valence-corrected chi connectivity index (χ2v) is 7.90. The number of nitrogens with two attached hydrogens (primary N) is 1. The van der Waals surface area contributed by atoms with Gasteiger partial charge in [-0.05, 0) is 6.42 Å². The van der Waals surface area contributed by atoms with Crippen molar-refractivity contribution in [2.24, 2.45) is 5.73 Å². The van der Waals surface area contributed by atoms with Crippen LogP contribution >= 0.6 is 0 Å². The Labute approximate surface area is 232 Å². The number of nitrogens with one attached hydrogen (secondary N) is 1. The van der Waals surface area contributed by atoms with E-state index in [4.69, 9.17) is 53.5 Å². The van der Waals surface area contributed by atoms with Crippen LogP contribution < -0.4 is 11.1 Å². The molecule has 0 atom stereocenters. The van der Waals surface area contributed by atoms with Crippen LogP contribution in [0, 0.1) is 0 Å². The van der Waals surface area contributed by atoms with E-state index in [0.717, 1.165) is 0 Å². The van der Waals surface area contributed by atoms with Crippen molar-refractivity contribution in [3.8, 4) is 0 Å². The van der Waals surface area contributed by atoms with Gasteiger partial charge >= 0.3 is 5.97 Å². The Kier molecular flexibility index (Phi) is 31.5. The fourth-order valence-electron chi connectivity index (χ4n) is 2.66. The minimum absolute atomic E-state index is 0.00754. The van der Waals surface area contributed by atoms with Gasteiger partial charge in [0.2, 0.25) is 5.91 Å². The Bertz CT molecular complexity index is 531. The highest BCUT2D eigenvalue weighted by atomic mass is 16.6. The molecule has 0 heterocycles. The molecule has 0 unspecified atom stereocenters. The van der Waals surface area contributed by atoms with Crippen LogP contribution in [0.1, 0.15) is 19.3 Å². The number of hydrogen-bond acceptors (Lipinski definition) is 12. The summed E-state index contributed by atoms with van der Waals surface area (Å²) in [5.41, 5.74) is 5.32. The van der Waals surface area contributed by atoms with Crippen LogP contribution in [-0.2, 0) is 52.2 Å². The molecule has 0 saturated heterocycles. The largest absolute Gasteiger partial charge is 0.481 e. The molecular weight excluding hydrogens is 520 g/mol. The first-order valence-corrected chi connectivity index (χ1v) is 13.5. The molecule has 39 heavy (non-hydrogen) atoms. The maximum Gasteiger partial charge on any atom is 0.303 e. The molecule has 0 fully saturated rings. The van der Waals surface area contributed by atoms with Gasteiger partial charge in [0.05, 0.1) is 119 Å². The molecule has 0 aromatic rings. The number of rotatable bonds is 33. The Morgan fingerprint density at radius 1 is 0.487 bits per heavy atom. The van der Waals surface area contributed by atoms with Crippen molar-refractivity contribution < 1.29 is 57.3 Å². The zero-order valence-electron chi connectivity index (χ0n) is 23.3. The normalized spacial score (nSPS) is 11.2. The van der Waals surface area contributed by atoms with E-state index in [0.29, 0.717) is 138 Å². The van der Waals surface area contributed by atoms with E-state index in [2.05, 4.69) is 5.32 Å². The van der Waals surface area contributed by atoms with Gasteiger partial charge in [-0.15, -0.1) is 0 Å². The van der Waals surface area contributed by atoms with Crippen molar-refractivity contribution in [2.45, 2.75) is 19.3 Å². The van der Waals surface area contributed by atoms with Gasteiger partial charge in [-0.3, -0.25) is 9.59 Å². The number of ether oxygens (including phenoxy) is 9. The molecule has 0 spiro atoms. The van der Waals surface area contributed by atoms with Crippen molar-refractivity contribution in [1.82, 2.24) is 5.32 Å². The van der Waals surface area contributed by atoms with Gasteiger partial charge in [0.25, 0.3) is 0 Å². The van der Waals surface area contributed by atoms with Crippen molar-refractivity contribution in [2.75, 3.05) is 132 Å². The fraction of sp³-hybridized carbons (Fsp3) is 0.920. The Morgan fingerprint density at radius 3 is 1.10 bits per heavy atom. The Hall–Kier alpha value is -1.46. The smallest absolute Gasteiger partial charge is 0.303 e. The Balaban J connectivity index is 3.07. The zero-order valence-corrected chi connectivity index (χ0v) is 23.3. The average Bonchev–Trinajstić information content (AvgIpc) is 2.93. The molecule has 14 nitrogen and oxygen atoms in total. The number of carboxylic acid groups (broad SMARTS) is 1. The molecule has 0 aromatic carbocycles. The maximum absolute atomic E-state index is 11.3. The number of aliphatic carboxylic acids is 1. The molecule has 0 bridgehead atoms. The molecule has 0 radical (unpaired) electrons. The number of hydrogen-bond donors (Lipinski definition) is 3. The van der Waals surface area contributed by atoms with Gasteiger partial charge in [0.1, 0.15) is 0 Å². The first-order chi connectivity index (χ1) is 19.2. The quantitative estimate of drug-likeness (QED) is 0.0859. The van der Waals surface area contributed by atoms with E-state index in [1.807, 2.05) is 0 Å². The summed E-state index contributed by atoms with van der Waals surface area (Å²) < 4.78 is 48.5. The molecule has 0 aliphatic carbocycles. The minimum atomic E-state index is -0.981. The summed E-state index contributed by atoms with van der Waals surface area (Å²) in [5, 5.41) is 11.2. The lowest BCUT2D eigenvalue weighted by Gasteiger charge is -2.09. The SMILES string of the molecule is NCCOCCOCCOCCOCCOCCOCCOCCOCCOCCCNC(=O)CCC(=O)O. The summed E-state index contributed by atoms with van der Waals surface area (Å²) in [7, 11) is 0. The summed E-state index contributed by atoms with van der Waals surface area (Å²) >= 11 is 0. The number of amides is 1.